The molecule has 7 heteroatoms. The quantitative estimate of drug-likeness (QED) is 0.589. The molecule has 0 radical (unpaired) electrons. The molecule has 5 nitrogen and oxygen atoms in total. The molecule has 136 valence electrons. The molecule has 3 aromatic rings. The monoisotopic (exact) mass is 435 g/mol. The van der Waals surface area contributed by atoms with Gasteiger partial charge in [-0.05, 0) is 55.5 Å². The van der Waals surface area contributed by atoms with Gasteiger partial charge >= 0.3 is 0 Å². The van der Waals surface area contributed by atoms with Crippen LogP contribution in [0.4, 0.5) is 0 Å². The molecule has 0 saturated heterocycles. The van der Waals surface area contributed by atoms with Gasteiger partial charge in [-0.1, -0.05) is 28.1 Å². The van der Waals surface area contributed by atoms with Crippen LogP contribution >= 0.6 is 15.9 Å². The molecule has 0 aliphatic heterocycles. The molecule has 1 N–H and O–H groups in total. The highest BCUT2D eigenvalue weighted by Gasteiger charge is 2.15. The van der Waals surface area contributed by atoms with Gasteiger partial charge in [-0.15, -0.1) is 0 Å². The van der Waals surface area contributed by atoms with Gasteiger partial charge < -0.3 is 9.15 Å². The van der Waals surface area contributed by atoms with E-state index < -0.39 is 10.0 Å². The highest BCUT2D eigenvalue weighted by atomic mass is 79.9. The van der Waals surface area contributed by atoms with Gasteiger partial charge in [-0.3, -0.25) is 0 Å². The molecule has 1 heterocycles. The third-order valence-corrected chi connectivity index (χ3v) is 5.62. The van der Waals surface area contributed by atoms with Crippen LogP contribution in [-0.2, 0) is 16.6 Å². The molecule has 1 aromatic heterocycles. The number of sulfonamides is 1. The van der Waals surface area contributed by atoms with E-state index in [1.807, 2.05) is 37.3 Å². The fourth-order valence-electron chi connectivity index (χ4n) is 2.37. The maximum Gasteiger partial charge on any atom is 0.240 e. The molecule has 0 spiro atoms. The number of hydrogen-bond acceptors (Lipinski definition) is 4. The highest BCUT2D eigenvalue weighted by molar-refractivity contribution is 9.10. The van der Waals surface area contributed by atoms with Crippen molar-refractivity contribution in [3.05, 3.63) is 70.9 Å². The number of hydrogen-bond donors (Lipinski definition) is 1. The molecule has 0 bridgehead atoms. The Morgan fingerprint density at radius 1 is 1.00 bits per heavy atom. The van der Waals surface area contributed by atoms with Crippen LogP contribution in [0.5, 0.6) is 5.75 Å². The first-order valence-electron chi connectivity index (χ1n) is 8.05. The van der Waals surface area contributed by atoms with Crippen LogP contribution < -0.4 is 9.46 Å². The summed E-state index contributed by atoms with van der Waals surface area (Å²) >= 11 is 3.39. The van der Waals surface area contributed by atoms with Crippen molar-refractivity contribution in [2.24, 2.45) is 0 Å². The molecule has 0 saturated carbocycles. The Morgan fingerprint density at radius 2 is 1.69 bits per heavy atom. The van der Waals surface area contributed by atoms with Crippen molar-refractivity contribution in [2.45, 2.75) is 18.4 Å². The van der Waals surface area contributed by atoms with Gasteiger partial charge in [-0.2, -0.15) is 0 Å². The van der Waals surface area contributed by atoms with Crippen LogP contribution in [-0.4, -0.2) is 15.0 Å². The standard InChI is InChI=1S/C19H18BrNO4S/c1-2-24-16-7-10-18(11-8-16)26(22,23)21-13-17-9-12-19(25-17)14-3-5-15(20)6-4-14/h3-12,21H,2,13H2,1H3. The Morgan fingerprint density at radius 3 is 2.35 bits per heavy atom. The average Bonchev–Trinajstić information content (AvgIpc) is 3.11. The van der Waals surface area contributed by atoms with E-state index in [0.717, 1.165) is 10.0 Å². The van der Waals surface area contributed by atoms with Crippen molar-refractivity contribution in [1.29, 1.82) is 0 Å². The van der Waals surface area contributed by atoms with Crippen LogP contribution in [0, 0.1) is 0 Å². The lowest BCUT2D eigenvalue weighted by Gasteiger charge is -2.07. The Labute approximate surface area is 161 Å². The molecule has 0 atom stereocenters. The first-order valence-corrected chi connectivity index (χ1v) is 10.3. The summed E-state index contributed by atoms with van der Waals surface area (Å²) in [6.45, 7) is 2.48. The summed E-state index contributed by atoms with van der Waals surface area (Å²) in [5.74, 6) is 1.86. The summed E-state index contributed by atoms with van der Waals surface area (Å²) < 4.78 is 39.4. The molecule has 0 aliphatic rings. The predicted octanol–water partition coefficient (Wildman–Crippen LogP) is 4.59. The third-order valence-electron chi connectivity index (χ3n) is 3.67. The summed E-state index contributed by atoms with van der Waals surface area (Å²) in [6, 6.07) is 17.6. The van der Waals surface area contributed by atoms with Gasteiger partial charge in [0.2, 0.25) is 10.0 Å². The second-order valence-electron chi connectivity index (χ2n) is 5.50. The SMILES string of the molecule is CCOc1ccc(S(=O)(=O)NCc2ccc(-c3ccc(Br)cc3)o2)cc1. The third kappa shape index (κ3) is 4.55. The Bertz CT molecular complexity index is 964. The van der Waals surface area contributed by atoms with E-state index in [0.29, 0.717) is 23.9 Å². The molecule has 0 fully saturated rings. The van der Waals surface area contributed by atoms with Crippen molar-refractivity contribution in [2.75, 3.05) is 6.61 Å². The van der Waals surface area contributed by atoms with Gasteiger partial charge in [0.1, 0.15) is 17.3 Å². The van der Waals surface area contributed by atoms with Gasteiger partial charge in [-0.25, -0.2) is 13.1 Å². The molecule has 26 heavy (non-hydrogen) atoms. The van der Waals surface area contributed by atoms with Crippen molar-refractivity contribution in [3.63, 3.8) is 0 Å². The summed E-state index contributed by atoms with van der Waals surface area (Å²) in [5, 5.41) is 0. The summed E-state index contributed by atoms with van der Waals surface area (Å²) in [6.07, 6.45) is 0. The minimum absolute atomic E-state index is 0.0755. The number of ether oxygens (including phenoxy) is 1. The van der Waals surface area contributed by atoms with E-state index in [4.69, 9.17) is 9.15 Å². The van der Waals surface area contributed by atoms with Crippen LogP contribution in [0.25, 0.3) is 11.3 Å². The lowest BCUT2D eigenvalue weighted by atomic mass is 10.2. The number of nitrogens with one attached hydrogen (secondary N) is 1. The van der Waals surface area contributed by atoms with Crippen LogP contribution in [0.2, 0.25) is 0 Å². The second kappa shape index (κ2) is 8.07. The molecule has 0 unspecified atom stereocenters. The number of halogens is 1. The summed E-state index contributed by atoms with van der Waals surface area (Å²) in [5.41, 5.74) is 0.925. The van der Waals surface area contributed by atoms with E-state index in [-0.39, 0.29) is 11.4 Å². The summed E-state index contributed by atoms with van der Waals surface area (Å²) in [7, 11) is -3.62. The highest BCUT2D eigenvalue weighted by Crippen LogP contribution is 2.24. The van der Waals surface area contributed by atoms with E-state index in [2.05, 4.69) is 20.7 Å². The number of benzene rings is 2. The van der Waals surface area contributed by atoms with Gasteiger partial charge in [0.25, 0.3) is 0 Å². The zero-order chi connectivity index (χ0) is 18.6. The number of furan rings is 1. The van der Waals surface area contributed by atoms with E-state index in [9.17, 15) is 8.42 Å². The van der Waals surface area contributed by atoms with Crippen molar-refractivity contribution in [1.82, 2.24) is 4.72 Å². The minimum Gasteiger partial charge on any atom is -0.494 e. The zero-order valence-corrected chi connectivity index (χ0v) is 16.5. The molecule has 0 amide bonds. The Balaban J connectivity index is 1.67. The normalized spacial score (nSPS) is 11.5. The van der Waals surface area contributed by atoms with Gasteiger partial charge in [0.15, 0.2) is 0 Å². The molecule has 3 rings (SSSR count). The minimum atomic E-state index is -3.62. The Kier molecular flexibility index (Phi) is 5.80. The van der Waals surface area contributed by atoms with E-state index >= 15 is 0 Å². The lowest BCUT2D eigenvalue weighted by Crippen LogP contribution is -2.22. The van der Waals surface area contributed by atoms with Crippen LogP contribution in [0.15, 0.2) is 74.4 Å². The Hall–Kier alpha value is -2.09. The summed E-state index contributed by atoms with van der Waals surface area (Å²) in [4.78, 5) is 0.181. The molecule has 0 aliphatic carbocycles. The number of rotatable bonds is 7. The van der Waals surface area contributed by atoms with Crippen molar-refractivity contribution >= 4 is 26.0 Å². The fourth-order valence-corrected chi connectivity index (χ4v) is 3.63. The zero-order valence-electron chi connectivity index (χ0n) is 14.1. The first-order chi connectivity index (χ1) is 12.5. The topological polar surface area (TPSA) is 68.5 Å². The van der Waals surface area contributed by atoms with E-state index in [1.165, 1.54) is 12.1 Å². The predicted molar refractivity (Wildman–Crippen MR) is 103 cm³/mol. The maximum atomic E-state index is 12.4. The molecular weight excluding hydrogens is 418 g/mol. The van der Waals surface area contributed by atoms with Crippen LogP contribution in [0.1, 0.15) is 12.7 Å². The maximum absolute atomic E-state index is 12.4. The van der Waals surface area contributed by atoms with Crippen molar-refractivity contribution in [3.8, 4) is 17.1 Å². The second-order valence-corrected chi connectivity index (χ2v) is 8.18. The van der Waals surface area contributed by atoms with Gasteiger partial charge in [0, 0.05) is 10.0 Å². The van der Waals surface area contributed by atoms with Gasteiger partial charge in [0.05, 0.1) is 18.0 Å². The fraction of sp³-hybridized carbons (Fsp3) is 0.158. The molecular formula is C19H18BrNO4S. The van der Waals surface area contributed by atoms with Crippen LogP contribution in [0.3, 0.4) is 0 Å². The van der Waals surface area contributed by atoms with E-state index in [1.54, 1.807) is 18.2 Å². The smallest absolute Gasteiger partial charge is 0.240 e. The largest absolute Gasteiger partial charge is 0.494 e. The lowest BCUT2D eigenvalue weighted by molar-refractivity contribution is 0.340. The average molecular weight is 436 g/mol. The molecule has 2 aromatic carbocycles. The van der Waals surface area contributed by atoms with Crippen molar-refractivity contribution < 1.29 is 17.6 Å². The first kappa shape index (κ1) is 18.7.